The summed E-state index contributed by atoms with van der Waals surface area (Å²) in [6.07, 6.45) is 4.50. The number of carbonyl (C=O) groups is 2. The van der Waals surface area contributed by atoms with E-state index in [-0.39, 0.29) is 11.8 Å². The van der Waals surface area contributed by atoms with E-state index in [4.69, 9.17) is 12.2 Å². The largest absolute Gasteiger partial charge is 0.361 e. The summed E-state index contributed by atoms with van der Waals surface area (Å²) in [5, 5.41) is 6.04. The van der Waals surface area contributed by atoms with Gasteiger partial charge in [0.25, 0.3) is 5.91 Å². The Bertz CT molecular complexity index is 1100. The number of H-pyrrole nitrogens is 1. The molecule has 3 heterocycles. The lowest BCUT2D eigenvalue weighted by molar-refractivity contribution is -0.132. The molecule has 0 saturated carbocycles. The maximum Gasteiger partial charge on any atom is 0.266 e. The smallest absolute Gasteiger partial charge is 0.266 e. The van der Waals surface area contributed by atoms with E-state index in [1.807, 2.05) is 48.0 Å². The lowest BCUT2D eigenvalue weighted by Crippen LogP contribution is -2.47. The van der Waals surface area contributed by atoms with Crippen molar-refractivity contribution >= 4 is 68.4 Å². The molecule has 1 saturated heterocycles. The minimum absolute atomic E-state index is 0.210. The molecule has 4 rings (SSSR count). The Morgan fingerprint density at radius 1 is 1.31 bits per heavy atom. The van der Waals surface area contributed by atoms with Crippen LogP contribution in [-0.4, -0.2) is 38.6 Å². The zero-order valence-corrected chi connectivity index (χ0v) is 18.1. The van der Waals surface area contributed by atoms with E-state index in [2.05, 4.69) is 16.4 Å². The van der Waals surface area contributed by atoms with Gasteiger partial charge in [0.2, 0.25) is 5.91 Å². The van der Waals surface area contributed by atoms with Gasteiger partial charge in [-0.3, -0.25) is 14.5 Å². The number of para-hydroxylation sites is 1. The number of nitrogens with one attached hydrogen (secondary N) is 2. The van der Waals surface area contributed by atoms with Crippen LogP contribution < -0.4 is 5.32 Å². The molecule has 0 spiro atoms. The zero-order chi connectivity index (χ0) is 20.4. The van der Waals surface area contributed by atoms with E-state index in [0.717, 1.165) is 21.3 Å². The van der Waals surface area contributed by atoms with Crippen molar-refractivity contribution in [1.82, 2.24) is 15.2 Å². The first-order valence-corrected chi connectivity index (χ1v) is 11.3. The van der Waals surface area contributed by atoms with Crippen LogP contribution in [0.4, 0.5) is 0 Å². The van der Waals surface area contributed by atoms with Gasteiger partial charge >= 0.3 is 0 Å². The number of amides is 2. The third-order valence-corrected chi connectivity index (χ3v) is 6.93. The second-order valence-electron chi connectivity index (χ2n) is 6.64. The predicted molar refractivity (Wildman–Crippen MR) is 124 cm³/mol. The summed E-state index contributed by atoms with van der Waals surface area (Å²) in [6, 6.07) is 11.3. The number of hydrogen-bond donors (Lipinski definition) is 2. The highest BCUT2D eigenvalue weighted by molar-refractivity contribution is 8.26. The number of thiocarbonyl (C=S) groups is 1. The first-order chi connectivity index (χ1) is 14.0. The number of carbonyl (C=O) groups excluding carboxylic acids is 2. The second-order valence-corrected chi connectivity index (χ2v) is 9.30. The van der Waals surface area contributed by atoms with Crippen LogP contribution in [0, 0.1) is 0 Å². The molecule has 1 unspecified atom stereocenters. The van der Waals surface area contributed by atoms with Crippen molar-refractivity contribution in [2.45, 2.75) is 19.4 Å². The van der Waals surface area contributed by atoms with Crippen molar-refractivity contribution in [3.05, 3.63) is 63.3 Å². The van der Waals surface area contributed by atoms with Gasteiger partial charge in [-0.25, -0.2) is 0 Å². The molecular formula is C21H19N3O2S3. The standard InChI is InChI=1S/C21H19N3O2S3/c1-13(24-20(26)18(29-21(24)27)11-15-5-4-10-28-15)19(25)22-9-8-14-12-23-17-7-3-2-6-16(14)17/h2-7,10-13,23H,8-9H2,1H3,(H,22,25)/b18-11-. The van der Waals surface area contributed by atoms with Crippen LogP contribution in [0.25, 0.3) is 17.0 Å². The molecule has 0 radical (unpaired) electrons. The molecule has 2 amide bonds. The minimum Gasteiger partial charge on any atom is -0.361 e. The Morgan fingerprint density at radius 3 is 2.93 bits per heavy atom. The molecule has 0 aliphatic carbocycles. The molecule has 29 heavy (non-hydrogen) atoms. The van der Waals surface area contributed by atoms with Gasteiger partial charge in [-0.1, -0.05) is 48.2 Å². The summed E-state index contributed by atoms with van der Waals surface area (Å²) >= 11 is 8.16. The number of fused-ring (bicyclic) bond motifs is 1. The highest BCUT2D eigenvalue weighted by Crippen LogP contribution is 2.34. The van der Waals surface area contributed by atoms with Crippen LogP contribution in [0.2, 0.25) is 0 Å². The molecule has 8 heteroatoms. The Hall–Kier alpha value is -2.42. The van der Waals surface area contributed by atoms with Crippen molar-refractivity contribution in [3.63, 3.8) is 0 Å². The van der Waals surface area contributed by atoms with Crippen molar-refractivity contribution < 1.29 is 9.59 Å². The van der Waals surface area contributed by atoms with Crippen LogP contribution >= 0.6 is 35.3 Å². The molecule has 3 aromatic rings. The minimum atomic E-state index is -0.653. The molecule has 2 aromatic heterocycles. The number of rotatable bonds is 6. The first kappa shape index (κ1) is 19.9. The Labute approximate surface area is 182 Å². The maximum absolute atomic E-state index is 12.8. The summed E-state index contributed by atoms with van der Waals surface area (Å²) < 4.78 is 0.414. The van der Waals surface area contributed by atoms with Gasteiger partial charge in [-0.2, -0.15) is 0 Å². The van der Waals surface area contributed by atoms with Gasteiger partial charge in [0.1, 0.15) is 10.4 Å². The van der Waals surface area contributed by atoms with Crippen molar-refractivity contribution in [3.8, 4) is 0 Å². The van der Waals surface area contributed by atoms with Gasteiger partial charge in [-0.15, -0.1) is 11.3 Å². The molecule has 1 aliphatic heterocycles. The fourth-order valence-corrected chi connectivity index (χ4v) is 5.38. The van der Waals surface area contributed by atoms with E-state index in [9.17, 15) is 9.59 Å². The number of aromatic nitrogens is 1. The predicted octanol–water partition coefficient (Wildman–Crippen LogP) is 4.18. The number of thiophene rings is 1. The fourth-order valence-electron chi connectivity index (χ4n) is 3.24. The third-order valence-electron chi connectivity index (χ3n) is 4.78. The van der Waals surface area contributed by atoms with Crippen LogP contribution in [0.3, 0.4) is 0 Å². The SMILES string of the molecule is CC(C(=O)NCCc1c[nH]c2ccccc12)N1C(=O)/C(=C/c2cccs2)SC1=S. The zero-order valence-electron chi connectivity index (χ0n) is 15.7. The van der Waals surface area contributed by atoms with Gasteiger partial charge in [0.05, 0.1) is 4.91 Å². The average Bonchev–Trinajstić information content (AvgIpc) is 3.43. The summed E-state index contributed by atoms with van der Waals surface area (Å²) in [7, 11) is 0. The molecule has 148 valence electrons. The normalized spacial score (nSPS) is 16.7. The quantitative estimate of drug-likeness (QED) is 0.445. The maximum atomic E-state index is 12.8. The molecule has 2 N–H and O–H groups in total. The number of nitrogens with zero attached hydrogens (tertiary/aromatic N) is 1. The molecule has 1 aromatic carbocycles. The van der Waals surface area contributed by atoms with Crippen LogP contribution in [0.5, 0.6) is 0 Å². The third kappa shape index (κ3) is 4.14. The van der Waals surface area contributed by atoms with E-state index < -0.39 is 6.04 Å². The topological polar surface area (TPSA) is 65.2 Å². The Morgan fingerprint density at radius 2 is 2.14 bits per heavy atom. The fraction of sp³-hybridized carbons (Fsp3) is 0.190. The molecule has 1 fully saturated rings. The van der Waals surface area contributed by atoms with E-state index in [0.29, 0.717) is 22.2 Å². The van der Waals surface area contributed by atoms with Crippen molar-refractivity contribution in [2.75, 3.05) is 6.54 Å². The van der Waals surface area contributed by atoms with Gasteiger partial charge in [-0.05, 0) is 42.5 Å². The summed E-state index contributed by atoms with van der Waals surface area (Å²) in [4.78, 5) is 31.6. The Balaban J connectivity index is 1.37. The van der Waals surface area contributed by atoms with Gasteiger partial charge in [0.15, 0.2) is 0 Å². The molecular weight excluding hydrogens is 422 g/mol. The van der Waals surface area contributed by atoms with Gasteiger partial charge in [0, 0.05) is 28.5 Å². The first-order valence-electron chi connectivity index (χ1n) is 9.18. The number of aromatic amines is 1. The lowest BCUT2D eigenvalue weighted by atomic mass is 10.1. The van der Waals surface area contributed by atoms with E-state index in [1.54, 1.807) is 18.3 Å². The summed E-state index contributed by atoms with van der Waals surface area (Å²) in [6.45, 7) is 2.20. The molecule has 1 atom stereocenters. The number of benzene rings is 1. The highest BCUT2D eigenvalue weighted by Gasteiger charge is 2.38. The lowest BCUT2D eigenvalue weighted by Gasteiger charge is -2.22. The highest BCUT2D eigenvalue weighted by atomic mass is 32.2. The molecule has 5 nitrogen and oxygen atoms in total. The van der Waals surface area contributed by atoms with Gasteiger partial charge < -0.3 is 10.3 Å². The van der Waals surface area contributed by atoms with E-state index >= 15 is 0 Å². The second kappa shape index (κ2) is 8.52. The summed E-state index contributed by atoms with van der Waals surface area (Å²) in [5.74, 6) is -0.425. The van der Waals surface area contributed by atoms with E-state index in [1.165, 1.54) is 16.7 Å². The average molecular weight is 442 g/mol. The summed E-state index contributed by atoms with van der Waals surface area (Å²) in [5.41, 5.74) is 2.23. The number of thioether (sulfide) groups is 1. The molecule has 0 bridgehead atoms. The van der Waals surface area contributed by atoms with Crippen molar-refractivity contribution in [1.29, 1.82) is 0 Å². The van der Waals surface area contributed by atoms with Crippen LogP contribution in [0.15, 0.2) is 52.9 Å². The monoisotopic (exact) mass is 441 g/mol. The van der Waals surface area contributed by atoms with Crippen LogP contribution in [-0.2, 0) is 16.0 Å². The Kier molecular flexibility index (Phi) is 5.84. The number of hydrogen-bond acceptors (Lipinski definition) is 5. The molecule has 1 aliphatic rings. The van der Waals surface area contributed by atoms with Crippen LogP contribution in [0.1, 0.15) is 17.4 Å². The van der Waals surface area contributed by atoms with Crippen molar-refractivity contribution in [2.24, 2.45) is 0 Å².